The van der Waals surface area contributed by atoms with Crippen LogP contribution >= 0.6 is 0 Å². The normalized spacial score (nSPS) is 23.9. The fourth-order valence-electron chi connectivity index (χ4n) is 2.41. The third-order valence-corrected chi connectivity index (χ3v) is 5.47. The van der Waals surface area contributed by atoms with Crippen LogP contribution < -0.4 is 9.47 Å². The zero-order chi connectivity index (χ0) is 14.5. The summed E-state index contributed by atoms with van der Waals surface area (Å²) >= 11 is 0. The molecule has 7 nitrogen and oxygen atoms in total. The maximum atomic E-state index is 12.4. The number of hydrogen-bond acceptors (Lipinski definition) is 5. The summed E-state index contributed by atoms with van der Waals surface area (Å²) in [4.78, 5) is 11.3. The molecule has 20 heavy (non-hydrogen) atoms. The van der Waals surface area contributed by atoms with Gasteiger partial charge in [0.1, 0.15) is 19.3 Å². The van der Waals surface area contributed by atoms with Crippen molar-refractivity contribution in [2.24, 2.45) is 0 Å². The molecule has 0 saturated carbocycles. The number of nitrogens with zero attached hydrogens (tertiary/aromatic N) is 1. The average molecular weight is 299 g/mol. The second kappa shape index (κ2) is 4.35. The summed E-state index contributed by atoms with van der Waals surface area (Å²) in [6, 6.07) is 1.87. The van der Waals surface area contributed by atoms with Crippen molar-refractivity contribution >= 4 is 16.0 Å². The van der Waals surface area contributed by atoms with Gasteiger partial charge in [-0.3, -0.25) is 4.79 Å². The molecule has 0 bridgehead atoms. The average Bonchev–Trinajstić information content (AvgIpc) is 2.41. The molecule has 108 valence electrons. The van der Waals surface area contributed by atoms with E-state index in [4.69, 9.17) is 14.6 Å². The Morgan fingerprint density at radius 1 is 1.30 bits per heavy atom. The lowest BCUT2D eigenvalue weighted by atomic mass is 10.0. The number of fused-ring (bicyclic) bond motifs is 2. The Balaban J connectivity index is 2.17. The molecule has 1 atom stereocenters. The summed E-state index contributed by atoms with van der Waals surface area (Å²) in [5, 5.41) is 9.14. The summed E-state index contributed by atoms with van der Waals surface area (Å²) in [6.07, 6.45) is 0.108. The molecule has 0 spiro atoms. The second-order valence-electron chi connectivity index (χ2n) is 4.68. The minimum atomic E-state index is -3.83. The number of likely N-dealkylation sites (N-methyl/N-ethyl adjacent to an activating group) is 1. The van der Waals surface area contributed by atoms with Crippen molar-refractivity contribution < 1.29 is 27.8 Å². The fourth-order valence-corrected chi connectivity index (χ4v) is 3.95. The Hall–Kier alpha value is -1.80. The maximum absolute atomic E-state index is 12.4. The van der Waals surface area contributed by atoms with Crippen molar-refractivity contribution in [3.63, 3.8) is 0 Å². The fraction of sp³-hybridized carbons (Fsp3) is 0.417. The van der Waals surface area contributed by atoms with Gasteiger partial charge in [0.15, 0.2) is 11.5 Å². The first kappa shape index (κ1) is 13.2. The Labute approximate surface area is 115 Å². The van der Waals surface area contributed by atoms with Crippen molar-refractivity contribution in [2.45, 2.75) is 17.4 Å². The van der Waals surface area contributed by atoms with Gasteiger partial charge in [-0.25, -0.2) is 8.42 Å². The van der Waals surface area contributed by atoms with Crippen LogP contribution in [0, 0.1) is 0 Å². The van der Waals surface area contributed by atoms with E-state index in [9.17, 15) is 13.2 Å². The first-order valence-electron chi connectivity index (χ1n) is 6.04. The summed E-state index contributed by atoms with van der Waals surface area (Å²) in [5.41, 5.74) is 0.444. The van der Waals surface area contributed by atoms with E-state index in [1.165, 1.54) is 13.1 Å². The molecule has 1 aromatic carbocycles. The Morgan fingerprint density at radius 2 is 1.90 bits per heavy atom. The highest BCUT2D eigenvalue weighted by atomic mass is 32.2. The van der Waals surface area contributed by atoms with Crippen LogP contribution in [0.15, 0.2) is 17.0 Å². The van der Waals surface area contributed by atoms with Gasteiger partial charge in [0.25, 0.3) is 0 Å². The Bertz CT molecular complexity index is 683. The molecule has 8 heteroatoms. The van der Waals surface area contributed by atoms with Crippen molar-refractivity contribution in [3.05, 3.63) is 17.7 Å². The van der Waals surface area contributed by atoms with E-state index in [0.717, 1.165) is 4.31 Å². The first-order chi connectivity index (χ1) is 9.41. The summed E-state index contributed by atoms with van der Waals surface area (Å²) in [6.45, 7) is 0.750. The van der Waals surface area contributed by atoms with E-state index < -0.39 is 22.0 Å². The monoisotopic (exact) mass is 299 g/mol. The minimum Gasteiger partial charge on any atom is -0.486 e. The van der Waals surface area contributed by atoms with Crippen LogP contribution in [0.25, 0.3) is 0 Å². The van der Waals surface area contributed by atoms with Crippen molar-refractivity contribution in [1.29, 1.82) is 0 Å². The standard InChI is InChI=1S/C12H13NO6S/c1-13-8(12(14)15)4-7-5-9-10(19-3-2-18-9)6-11(7)20(13,16)17/h5-6,8H,2-4H2,1H3,(H,14,15). The van der Waals surface area contributed by atoms with Crippen LogP contribution in [0.1, 0.15) is 5.56 Å². The predicted molar refractivity (Wildman–Crippen MR) is 67.5 cm³/mol. The lowest BCUT2D eigenvalue weighted by Gasteiger charge is -2.31. The molecule has 1 aromatic rings. The molecule has 1 unspecified atom stereocenters. The number of rotatable bonds is 1. The number of carboxylic acids is 1. The highest BCUT2D eigenvalue weighted by Gasteiger charge is 2.40. The van der Waals surface area contributed by atoms with Gasteiger partial charge in [-0.05, 0) is 11.6 Å². The molecule has 0 aromatic heterocycles. The molecule has 3 rings (SSSR count). The van der Waals surface area contributed by atoms with E-state index in [1.54, 1.807) is 6.07 Å². The molecule has 2 aliphatic rings. The zero-order valence-corrected chi connectivity index (χ0v) is 11.5. The largest absolute Gasteiger partial charge is 0.486 e. The third-order valence-electron chi connectivity index (χ3n) is 3.52. The van der Waals surface area contributed by atoms with E-state index >= 15 is 0 Å². The van der Waals surface area contributed by atoms with E-state index in [2.05, 4.69) is 0 Å². The van der Waals surface area contributed by atoms with Gasteiger partial charge in [0, 0.05) is 19.5 Å². The van der Waals surface area contributed by atoms with Gasteiger partial charge in [0.2, 0.25) is 10.0 Å². The van der Waals surface area contributed by atoms with Crippen molar-refractivity contribution in [3.8, 4) is 11.5 Å². The zero-order valence-electron chi connectivity index (χ0n) is 10.7. The summed E-state index contributed by atoms with van der Waals surface area (Å²) < 4.78 is 36.4. The van der Waals surface area contributed by atoms with Gasteiger partial charge in [-0.15, -0.1) is 0 Å². The maximum Gasteiger partial charge on any atom is 0.322 e. The van der Waals surface area contributed by atoms with Gasteiger partial charge < -0.3 is 14.6 Å². The number of carbonyl (C=O) groups is 1. The molecule has 0 fully saturated rings. The molecule has 0 amide bonds. The smallest absolute Gasteiger partial charge is 0.322 e. The molecular weight excluding hydrogens is 286 g/mol. The number of benzene rings is 1. The highest BCUT2D eigenvalue weighted by molar-refractivity contribution is 7.89. The minimum absolute atomic E-state index is 0.0850. The number of hydrogen-bond donors (Lipinski definition) is 1. The van der Waals surface area contributed by atoms with Gasteiger partial charge >= 0.3 is 5.97 Å². The van der Waals surface area contributed by atoms with Crippen molar-refractivity contribution in [1.82, 2.24) is 4.31 Å². The molecule has 0 aliphatic carbocycles. The van der Waals surface area contributed by atoms with Gasteiger partial charge in [0.05, 0.1) is 4.90 Å². The predicted octanol–water partition coefficient (Wildman–Crippen LogP) is 0.0876. The number of aliphatic carboxylic acids is 1. The SMILES string of the molecule is CN1C(C(=O)O)Cc2cc3c(cc2S1(=O)=O)OCCO3. The topological polar surface area (TPSA) is 93.1 Å². The van der Waals surface area contributed by atoms with Crippen LogP contribution in [-0.2, 0) is 21.2 Å². The van der Waals surface area contributed by atoms with E-state index in [-0.39, 0.29) is 11.3 Å². The Morgan fingerprint density at radius 3 is 2.50 bits per heavy atom. The molecule has 2 heterocycles. The second-order valence-corrected chi connectivity index (χ2v) is 6.65. The molecule has 2 aliphatic heterocycles. The molecule has 0 radical (unpaired) electrons. The van der Waals surface area contributed by atoms with Crippen LogP contribution in [0.2, 0.25) is 0 Å². The lowest BCUT2D eigenvalue weighted by molar-refractivity contribution is -0.141. The number of sulfonamides is 1. The van der Waals surface area contributed by atoms with Crippen molar-refractivity contribution in [2.75, 3.05) is 20.3 Å². The highest BCUT2D eigenvalue weighted by Crippen LogP contribution is 2.39. The quantitative estimate of drug-likeness (QED) is 0.790. The van der Waals surface area contributed by atoms with Crippen LogP contribution in [0.3, 0.4) is 0 Å². The first-order valence-corrected chi connectivity index (χ1v) is 7.48. The summed E-state index contributed by atoms with van der Waals surface area (Å²) in [7, 11) is -2.56. The van der Waals surface area contributed by atoms with Crippen LogP contribution in [0.5, 0.6) is 11.5 Å². The molecule has 1 N–H and O–H groups in total. The Kier molecular flexibility index (Phi) is 2.87. The van der Waals surface area contributed by atoms with Gasteiger partial charge in [-0.1, -0.05) is 0 Å². The van der Waals surface area contributed by atoms with Gasteiger partial charge in [-0.2, -0.15) is 4.31 Å². The van der Waals surface area contributed by atoms with Crippen LogP contribution in [-0.4, -0.2) is 50.1 Å². The van der Waals surface area contributed by atoms with E-state index in [1.807, 2.05) is 0 Å². The molecular formula is C12H13NO6S. The molecule has 0 saturated heterocycles. The third kappa shape index (κ3) is 1.83. The number of ether oxygens (including phenoxy) is 2. The number of carboxylic acid groups (broad SMARTS) is 1. The summed E-state index contributed by atoms with van der Waals surface area (Å²) in [5.74, 6) is -0.337. The van der Waals surface area contributed by atoms with E-state index in [0.29, 0.717) is 30.3 Å². The van der Waals surface area contributed by atoms with Crippen LogP contribution in [0.4, 0.5) is 0 Å². The lowest BCUT2D eigenvalue weighted by Crippen LogP contribution is -2.47.